The first-order valence-corrected chi connectivity index (χ1v) is 13.4. The Morgan fingerprint density at radius 2 is 1.73 bits per heavy atom. The minimum Gasteiger partial charge on any atom is -0.493 e. The number of fused-ring (bicyclic) bond motifs is 1. The number of aromatic nitrogens is 2. The summed E-state index contributed by atoms with van der Waals surface area (Å²) in [7, 11) is -2.11. The number of nitrogens with one attached hydrogen (secondary N) is 2. The Balaban J connectivity index is 2.08. The van der Waals surface area contributed by atoms with E-state index in [2.05, 4.69) is 9.71 Å². The van der Waals surface area contributed by atoms with Crippen molar-refractivity contribution in [2.45, 2.75) is 33.1 Å². The summed E-state index contributed by atoms with van der Waals surface area (Å²) >= 11 is 0. The number of H-pyrrole nitrogens is 1. The fourth-order valence-corrected chi connectivity index (χ4v) is 5.09. The highest BCUT2D eigenvalue weighted by Gasteiger charge is 2.27. The van der Waals surface area contributed by atoms with Crippen molar-refractivity contribution in [3.8, 4) is 22.6 Å². The van der Waals surface area contributed by atoms with Crippen molar-refractivity contribution in [2.24, 2.45) is 0 Å². The lowest BCUT2D eigenvalue weighted by atomic mass is 9.78. The Hall–Kier alpha value is -3.92. The SMILES string of the molecule is COc1c(F)c(-n2ccc(=O)[nH]c2=O)cc(C)c1-c1c(C(C)(C)C)ccc2cc(NS(C)(=O)=O)ccc12. The molecule has 3 aromatic carbocycles. The molecule has 37 heavy (non-hydrogen) atoms. The van der Waals surface area contributed by atoms with Crippen molar-refractivity contribution in [3.63, 3.8) is 0 Å². The van der Waals surface area contributed by atoms with Crippen LogP contribution in [0.25, 0.3) is 27.6 Å². The predicted octanol–water partition coefficient (Wildman–Crippen LogP) is 4.47. The molecule has 0 aliphatic rings. The zero-order valence-corrected chi connectivity index (χ0v) is 22.2. The topological polar surface area (TPSA) is 110 Å². The monoisotopic (exact) mass is 525 g/mol. The van der Waals surface area contributed by atoms with Gasteiger partial charge in [-0.25, -0.2) is 17.6 Å². The second-order valence-electron chi connectivity index (χ2n) is 9.96. The number of methoxy groups -OCH3 is 1. The number of aromatic amines is 1. The molecule has 0 atom stereocenters. The number of anilines is 1. The molecule has 8 nitrogen and oxygen atoms in total. The van der Waals surface area contributed by atoms with Crippen molar-refractivity contribution in [2.75, 3.05) is 18.1 Å². The fourth-order valence-electron chi connectivity index (χ4n) is 4.53. The largest absolute Gasteiger partial charge is 0.493 e. The van der Waals surface area contributed by atoms with Gasteiger partial charge in [-0.15, -0.1) is 0 Å². The molecule has 0 bridgehead atoms. The molecule has 1 aromatic heterocycles. The molecule has 4 aromatic rings. The van der Waals surface area contributed by atoms with Gasteiger partial charge in [0, 0.05) is 23.5 Å². The Morgan fingerprint density at radius 1 is 1.03 bits per heavy atom. The van der Waals surface area contributed by atoms with Crippen LogP contribution in [0.3, 0.4) is 0 Å². The van der Waals surface area contributed by atoms with E-state index >= 15 is 4.39 Å². The van der Waals surface area contributed by atoms with Crippen LogP contribution in [-0.4, -0.2) is 31.3 Å². The molecule has 10 heteroatoms. The van der Waals surface area contributed by atoms with E-state index in [-0.39, 0.29) is 16.9 Å². The molecular formula is C27H28FN3O5S. The quantitative estimate of drug-likeness (QED) is 0.400. The summed E-state index contributed by atoms with van der Waals surface area (Å²) in [4.78, 5) is 26.1. The molecule has 1 heterocycles. The van der Waals surface area contributed by atoms with E-state index in [9.17, 15) is 18.0 Å². The van der Waals surface area contributed by atoms with Crippen LogP contribution in [0.15, 0.2) is 58.3 Å². The zero-order chi connectivity index (χ0) is 27.3. The number of sulfonamides is 1. The highest BCUT2D eigenvalue weighted by molar-refractivity contribution is 7.92. The number of halogens is 1. The molecule has 0 saturated heterocycles. The van der Waals surface area contributed by atoms with Gasteiger partial charge in [0.2, 0.25) is 10.0 Å². The lowest BCUT2D eigenvalue weighted by molar-refractivity contribution is 0.387. The van der Waals surface area contributed by atoms with E-state index in [4.69, 9.17) is 4.74 Å². The van der Waals surface area contributed by atoms with Crippen molar-refractivity contribution < 1.29 is 17.5 Å². The van der Waals surface area contributed by atoms with Crippen LogP contribution in [-0.2, 0) is 15.4 Å². The lowest BCUT2D eigenvalue weighted by Crippen LogP contribution is -2.28. The van der Waals surface area contributed by atoms with E-state index in [1.54, 1.807) is 25.1 Å². The molecule has 0 unspecified atom stereocenters. The number of hydrogen-bond acceptors (Lipinski definition) is 5. The van der Waals surface area contributed by atoms with E-state index in [1.807, 2.05) is 32.9 Å². The minimum atomic E-state index is -3.47. The maximum Gasteiger partial charge on any atom is 0.333 e. The molecule has 0 amide bonds. The predicted molar refractivity (Wildman–Crippen MR) is 144 cm³/mol. The van der Waals surface area contributed by atoms with Crippen LogP contribution >= 0.6 is 0 Å². The maximum absolute atomic E-state index is 16.0. The van der Waals surface area contributed by atoms with Crippen LogP contribution in [0.5, 0.6) is 5.75 Å². The molecule has 0 aliphatic heterocycles. The second kappa shape index (κ2) is 9.19. The van der Waals surface area contributed by atoms with Gasteiger partial charge >= 0.3 is 5.69 Å². The number of rotatable bonds is 5. The third kappa shape index (κ3) is 5.01. The average molecular weight is 526 g/mol. The van der Waals surface area contributed by atoms with Crippen LogP contribution in [0, 0.1) is 12.7 Å². The number of aryl methyl sites for hydroxylation is 1. The van der Waals surface area contributed by atoms with Crippen LogP contribution in [0.4, 0.5) is 10.1 Å². The van der Waals surface area contributed by atoms with Crippen LogP contribution in [0.1, 0.15) is 31.9 Å². The molecule has 0 fully saturated rings. The minimum absolute atomic E-state index is 0.0514. The van der Waals surface area contributed by atoms with Crippen LogP contribution < -0.4 is 20.7 Å². The van der Waals surface area contributed by atoms with E-state index in [0.717, 1.165) is 38.8 Å². The molecule has 4 rings (SSSR count). The van der Waals surface area contributed by atoms with E-state index in [1.165, 1.54) is 19.4 Å². The Bertz CT molecular complexity index is 1770. The average Bonchev–Trinajstić information content (AvgIpc) is 2.78. The zero-order valence-electron chi connectivity index (χ0n) is 21.4. The molecule has 194 valence electrons. The normalized spacial score (nSPS) is 12.1. The summed E-state index contributed by atoms with van der Waals surface area (Å²) in [5.74, 6) is -0.811. The lowest BCUT2D eigenvalue weighted by Gasteiger charge is -2.27. The molecular weight excluding hydrogens is 497 g/mol. The second-order valence-corrected chi connectivity index (χ2v) is 11.7. The molecule has 0 aliphatic carbocycles. The van der Waals surface area contributed by atoms with E-state index in [0.29, 0.717) is 16.8 Å². The number of nitrogens with zero attached hydrogens (tertiary/aromatic N) is 1. The molecule has 0 spiro atoms. The summed E-state index contributed by atoms with van der Waals surface area (Å²) in [5.41, 5.74) is 1.48. The van der Waals surface area contributed by atoms with Gasteiger partial charge in [-0.1, -0.05) is 39.0 Å². The summed E-state index contributed by atoms with van der Waals surface area (Å²) in [6.45, 7) is 7.93. The molecule has 0 saturated carbocycles. The van der Waals surface area contributed by atoms with Gasteiger partial charge in [0.15, 0.2) is 11.6 Å². The van der Waals surface area contributed by atoms with Crippen molar-refractivity contribution >= 4 is 26.5 Å². The van der Waals surface area contributed by atoms with E-state index < -0.39 is 27.1 Å². The molecule has 2 N–H and O–H groups in total. The van der Waals surface area contributed by atoms with Crippen LogP contribution in [0.2, 0.25) is 0 Å². The number of benzene rings is 3. The number of ether oxygens (including phenoxy) is 1. The Labute approximate surface area is 213 Å². The maximum atomic E-state index is 16.0. The highest BCUT2D eigenvalue weighted by Crippen LogP contribution is 2.46. The van der Waals surface area contributed by atoms with Gasteiger partial charge in [-0.2, -0.15) is 0 Å². The fraction of sp³-hybridized carbons (Fsp3) is 0.259. The third-order valence-corrected chi connectivity index (χ3v) is 6.67. The highest BCUT2D eigenvalue weighted by atomic mass is 32.2. The van der Waals surface area contributed by atoms with Gasteiger partial charge in [-0.3, -0.25) is 19.1 Å². The van der Waals surface area contributed by atoms with Crippen molar-refractivity contribution in [1.29, 1.82) is 0 Å². The van der Waals surface area contributed by atoms with Crippen molar-refractivity contribution in [1.82, 2.24) is 9.55 Å². The van der Waals surface area contributed by atoms with Gasteiger partial charge in [-0.05, 0) is 58.0 Å². The summed E-state index contributed by atoms with van der Waals surface area (Å²) in [6, 6.07) is 11.7. The number of hydrogen-bond donors (Lipinski definition) is 2. The first-order chi connectivity index (χ1) is 17.2. The van der Waals surface area contributed by atoms with Crippen molar-refractivity contribution in [3.05, 3.63) is 86.4 Å². The smallest absolute Gasteiger partial charge is 0.333 e. The Kier molecular flexibility index (Phi) is 6.49. The first kappa shape index (κ1) is 26.2. The van der Waals surface area contributed by atoms with Gasteiger partial charge in [0.25, 0.3) is 5.56 Å². The summed E-state index contributed by atoms with van der Waals surface area (Å²) < 4.78 is 48.6. The summed E-state index contributed by atoms with van der Waals surface area (Å²) in [6.07, 6.45) is 2.30. The Morgan fingerprint density at radius 3 is 2.32 bits per heavy atom. The van der Waals surface area contributed by atoms with Gasteiger partial charge in [0.1, 0.15) is 0 Å². The van der Waals surface area contributed by atoms with Gasteiger partial charge in [0.05, 0.1) is 19.1 Å². The first-order valence-electron chi connectivity index (χ1n) is 11.5. The molecule has 0 radical (unpaired) electrons. The third-order valence-electron chi connectivity index (χ3n) is 6.07. The standard InChI is InChI=1S/C27H28FN3O5S/c1-15-13-20(31-12-11-21(32)29-26(31)33)24(28)25(36-5)22(15)23-18-9-8-17(30-37(6,34)35)14-16(18)7-10-19(23)27(2,3)4/h7-14,30H,1-6H3,(H,29,32,33). The summed E-state index contributed by atoms with van der Waals surface area (Å²) in [5, 5.41) is 1.53. The van der Waals surface area contributed by atoms with Gasteiger partial charge < -0.3 is 4.74 Å².